The molecule has 0 N–H and O–H groups in total. The fourth-order valence-electron chi connectivity index (χ4n) is 3.96. The molecule has 4 rings (SSSR count). The molecule has 1 saturated heterocycles. The van der Waals surface area contributed by atoms with Gasteiger partial charge < -0.3 is 14.4 Å². The van der Waals surface area contributed by atoms with E-state index in [9.17, 15) is 13.2 Å². The highest BCUT2D eigenvalue weighted by molar-refractivity contribution is 7.91. The Morgan fingerprint density at radius 2 is 1.81 bits per heavy atom. The van der Waals surface area contributed by atoms with Gasteiger partial charge in [0.2, 0.25) is 15.3 Å². The second kappa shape index (κ2) is 8.26. The SMILES string of the molecule is CCN1CCN(c2cc3c(cc2F)c(=O)c(S(=O)(=O)c2cccc(Cl)c2)cn3C)CC1. The van der Waals surface area contributed by atoms with E-state index < -0.39 is 26.0 Å². The van der Waals surface area contributed by atoms with Crippen LogP contribution in [0.2, 0.25) is 5.02 Å². The normalized spacial score (nSPS) is 15.5. The Morgan fingerprint density at radius 3 is 2.45 bits per heavy atom. The first-order chi connectivity index (χ1) is 14.7. The fourth-order valence-corrected chi connectivity index (χ4v) is 5.66. The first kappa shape index (κ1) is 21.8. The van der Waals surface area contributed by atoms with E-state index in [0.717, 1.165) is 25.7 Å². The van der Waals surface area contributed by atoms with Crippen molar-refractivity contribution >= 4 is 38.0 Å². The largest absolute Gasteiger partial charge is 0.367 e. The average Bonchev–Trinajstić information content (AvgIpc) is 2.76. The molecule has 0 aliphatic carbocycles. The summed E-state index contributed by atoms with van der Waals surface area (Å²) in [6, 6.07) is 8.51. The van der Waals surface area contributed by atoms with Crippen molar-refractivity contribution in [3.8, 4) is 0 Å². The molecular formula is C22H23ClFN3O3S. The molecule has 164 valence electrons. The number of halogens is 2. The van der Waals surface area contributed by atoms with Crippen LogP contribution < -0.4 is 10.3 Å². The number of anilines is 1. The summed E-state index contributed by atoms with van der Waals surface area (Å²) in [5, 5.41) is 0.275. The van der Waals surface area contributed by atoms with E-state index in [1.54, 1.807) is 23.7 Å². The molecular weight excluding hydrogens is 441 g/mol. The predicted octanol–water partition coefficient (Wildman–Crippen LogP) is 3.31. The molecule has 0 amide bonds. The van der Waals surface area contributed by atoms with Crippen LogP contribution in [0.4, 0.5) is 10.1 Å². The number of rotatable bonds is 4. The number of sulfone groups is 1. The Hall–Kier alpha value is -2.42. The van der Waals surface area contributed by atoms with Gasteiger partial charge in [-0.1, -0.05) is 24.6 Å². The molecule has 1 aliphatic rings. The van der Waals surface area contributed by atoms with Crippen molar-refractivity contribution in [3.63, 3.8) is 0 Å². The zero-order valence-electron chi connectivity index (χ0n) is 17.3. The van der Waals surface area contributed by atoms with Crippen molar-refractivity contribution < 1.29 is 12.8 Å². The summed E-state index contributed by atoms with van der Waals surface area (Å²) < 4.78 is 42.7. The van der Waals surface area contributed by atoms with E-state index in [-0.39, 0.29) is 15.3 Å². The minimum Gasteiger partial charge on any atom is -0.367 e. The first-order valence-corrected chi connectivity index (χ1v) is 11.9. The number of likely N-dealkylation sites (N-methyl/N-ethyl adjacent to an activating group) is 1. The van der Waals surface area contributed by atoms with Gasteiger partial charge in [0.1, 0.15) is 10.7 Å². The predicted molar refractivity (Wildman–Crippen MR) is 120 cm³/mol. The molecule has 1 fully saturated rings. The van der Waals surface area contributed by atoms with Gasteiger partial charge in [-0.05, 0) is 36.9 Å². The summed E-state index contributed by atoms with van der Waals surface area (Å²) in [5.74, 6) is -0.535. The third kappa shape index (κ3) is 3.95. The molecule has 31 heavy (non-hydrogen) atoms. The van der Waals surface area contributed by atoms with Crippen molar-refractivity contribution in [1.82, 2.24) is 9.47 Å². The van der Waals surface area contributed by atoms with E-state index in [1.165, 1.54) is 24.4 Å². The Bertz CT molecular complexity index is 1320. The van der Waals surface area contributed by atoms with Crippen molar-refractivity contribution in [2.24, 2.45) is 7.05 Å². The third-order valence-electron chi connectivity index (χ3n) is 5.78. The highest BCUT2D eigenvalue weighted by atomic mass is 35.5. The highest BCUT2D eigenvalue weighted by Gasteiger charge is 2.25. The standard InChI is InChI=1S/C22H23ClFN3O3S/c1-3-26-7-9-27(10-8-26)20-13-19-17(12-18(20)24)22(28)21(14-25(19)2)31(29,30)16-6-4-5-15(23)11-16/h4-6,11-14H,3,7-10H2,1-2H3. The van der Waals surface area contributed by atoms with Crippen molar-refractivity contribution in [3.05, 3.63) is 63.7 Å². The molecule has 0 radical (unpaired) electrons. The third-order valence-corrected chi connectivity index (χ3v) is 7.76. The Labute approximate surface area is 185 Å². The minimum absolute atomic E-state index is 0.0269. The fraction of sp³-hybridized carbons (Fsp3) is 0.318. The van der Waals surface area contributed by atoms with E-state index in [4.69, 9.17) is 11.6 Å². The summed E-state index contributed by atoms with van der Waals surface area (Å²) in [6.07, 6.45) is 1.29. The van der Waals surface area contributed by atoms with Crippen LogP contribution in [0.25, 0.3) is 10.9 Å². The van der Waals surface area contributed by atoms with Gasteiger partial charge in [-0.15, -0.1) is 0 Å². The van der Waals surface area contributed by atoms with Crippen LogP contribution in [-0.2, 0) is 16.9 Å². The van der Waals surface area contributed by atoms with E-state index in [0.29, 0.717) is 24.3 Å². The van der Waals surface area contributed by atoms with Crippen molar-refractivity contribution in [1.29, 1.82) is 0 Å². The summed E-state index contributed by atoms with van der Waals surface area (Å²) in [4.78, 5) is 16.9. The lowest BCUT2D eigenvalue weighted by molar-refractivity contribution is 0.270. The number of nitrogens with zero attached hydrogens (tertiary/aromatic N) is 3. The molecule has 1 aliphatic heterocycles. The molecule has 2 heterocycles. The van der Waals surface area contributed by atoms with Gasteiger partial charge >= 0.3 is 0 Å². The zero-order valence-corrected chi connectivity index (χ0v) is 18.9. The lowest BCUT2D eigenvalue weighted by Gasteiger charge is -2.35. The van der Waals surface area contributed by atoms with Gasteiger partial charge in [-0.2, -0.15) is 0 Å². The van der Waals surface area contributed by atoms with Crippen LogP contribution in [0.1, 0.15) is 6.92 Å². The number of piperazine rings is 1. The van der Waals surface area contributed by atoms with Crippen LogP contribution in [0.5, 0.6) is 0 Å². The van der Waals surface area contributed by atoms with E-state index in [1.807, 2.05) is 4.90 Å². The van der Waals surface area contributed by atoms with Crippen LogP contribution in [0.3, 0.4) is 0 Å². The smallest absolute Gasteiger partial charge is 0.211 e. The van der Waals surface area contributed by atoms with Gasteiger partial charge in [0, 0.05) is 44.4 Å². The second-order valence-electron chi connectivity index (χ2n) is 7.64. The van der Waals surface area contributed by atoms with Gasteiger partial charge in [0.15, 0.2) is 0 Å². The van der Waals surface area contributed by atoms with Gasteiger partial charge in [0.05, 0.1) is 21.5 Å². The summed E-state index contributed by atoms with van der Waals surface area (Å²) in [6.45, 7) is 6.09. The molecule has 0 atom stereocenters. The Kier molecular flexibility index (Phi) is 5.81. The molecule has 3 aromatic rings. The molecule has 9 heteroatoms. The summed E-state index contributed by atoms with van der Waals surface area (Å²) >= 11 is 5.93. The average molecular weight is 464 g/mol. The molecule has 0 bridgehead atoms. The number of pyridine rings is 1. The Morgan fingerprint density at radius 1 is 1.10 bits per heavy atom. The number of fused-ring (bicyclic) bond motifs is 1. The maximum absolute atomic E-state index is 15.0. The van der Waals surface area contributed by atoms with Gasteiger partial charge in [0.25, 0.3) is 0 Å². The van der Waals surface area contributed by atoms with Gasteiger partial charge in [-0.25, -0.2) is 12.8 Å². The minimum atomic E-state index is -4.11. The first-order valence-electron chi connectivity index (χ1n) is 10.0. The topological polar surface area (TPSA) is 62.6 Å². The second-order valence-corrected chi connectivity index (χ2v) is 9.99. The molecule has 0 unspecified atom stereocenters. The quantitative estimate of drug-likeness (QED) is 0.594. The Balaban J connectivity index is 1.82. The maximum atomic E-state index is 15.0. The summed E-state index contributed by atoms with van der Waals surface area (Å²) in [5.41, 5.74) is 0.169. The van der Waals surface area contributed by atoms with Crippen LogP contribution in [0, 0.1) is 5.82 Å². The van der Waals surface area contributed by atoms with Crippen LogP contribution in [0.15, 0.2) is 57.2 Å². The number of hydrogen-bond acceptors (Lipinski definition) is 5. The molecule has 1 aromatic heterocycles. The van der Waals surface area contributed by atoms with Crippen LogP contribution >= 0.6 is 11.6 Å². The molecule has 0 saturated carbocycles. The lowest BCUT2D eigenvalue weighted by Crippen LogP contribution is -2.46. The monoisotopic (exact) mass is 463 g/mol. The summed E-state index contributed by atoms with van der Waals surface area (Å²) in [7, 11) is -2.47. The molecule has 2 aromatic carbocycles. The molecule has 0 spiro atoms. The van der Waals surface area contributed by atoms with Crippen LogP contribution in [-0.4, -0.2) is 50.6 Å². The lowest BCUT2D eigenvalue weighted by atomic mass is 10.1. The zero-order chi connectivity index (χ0) is 22.3. The van der Waals surface area contributed by atoms with Crippen molar-refractivity contribution in [2.75, 3.05) is 37.6 Å². The highest BCUT2D eigenvalue weighted by Crippen LogP contribution is 2.28. The maximum Gasteiger partial charge on any atom is 0.211 e. The number of benzene rings is 2. The van der Waals surface area contributed by atoms with E-state index >= 15 is 4.39 Å². The van der Waals surface area contributed by atoms with Gasteiger partial charge in [-0.3, -0.25) is 4.79 Å². The van der Waals surface area contributed by atoms with Crippen molar-refractivity contribution in [2.45, 2.75) is 16.7 Å². The molecule has 6 nitrogen and oxygen atoms in total. The number of hydrogen-bond donors (Lipinski definition) is 0. The number of aromatic nitrogens is 1. The number of aryl methyl sites for hydroxylation is 1. The van der Waals surface area contributed by atoms with E-state index in [2.05, 4.69) is 11.8 Å².